The van der Waals surface area contributed by atoms with Gasteiger partial charge in [-0.15, -0.1) is 0 Å². The van der Waals surface area contributed by atoms with E-state index in [0.29, 0.717) is 0 Å². The van der Waals surface area contributed by atoms with E-state index in [4.69, 9.17) is 4.42 Å². The molecule has 40 heavy (non-hydrogen) atoms. The lowest BCUT2D eigenvalue weighted by atomic mass is 9.62. The fraction of sp³-hybridized carbons (Fsp3) is 0.0270. The van der Waals surface area contributed by atoms with Crippen LogP contribution in [0.1, 0.15) is 22.3 Å². The Morgan fingerprint density at radius 1 is 0.475 bits per heavy atom. The number of furan rings is 1. The van der Waals surface area contributed by atoms with Gasteiger partial charge in [-0.05, 0) is 70.8 Å². The van der Waals surface area contributed by atoms with Gasteiger partial charge in [-0.3, -0.25) is 0 Å². The molecule has 3 heteroatoms. The summed E-state index contributed by atoms with van der Waals surface area (Å²) in [7, 11) is 0. The molecule has 1 spiro atoms. The molecule has 0 saturated carbocycles. The Balaban J connectivity index is 1.47. The van der Waals surface area contributed by atoms with Crippen LogP contribution in [-0.4, -0.2) is 0 Å². The summed E-state index contributed by atoms with van der Waals surface area (Å²) in [6.45, 7) is 0. The first-order valence-electron chi connectivity index (χ1n) is 13.6. The minimum atomic E-state index is -0.484. The zero-order valence-electron chi connectivity index (χ0n) is 21.5. The maximum absolute atomic E-state index is 6.37. The molecule has 0 aliphatic carbocycles. The first-order valence-corrected chi connectivity index (χ1v) is 14.4. The predicted molar refractivity (Wildman–Crippen MR) is 164 cm³/mol. The molecule has 0 saturated heterocycles. The van der Waals surface area contributed by atoms with Crippen molar-refractivity contribution in [3.63, 3.8) is 0 Å². The molecule has 2 aliphatic heterocycles. The lowest BCUT2D eigenvalue weighted by Crippen LogP contribution is -2.39. The van der Waals surface area contributed by atoms with E-state index in [2.05, 4.69) is 138 Å². The minimum Gasteiger partial charge on any atom is -0.456 e. The summed E-state index contributed by atoms with van der Waals surface area (Å²) < 4.78 is 6.37. The van der Waals surface area contributed by atoms with Crippen LogP contribution in [0.2, 0.25) is 0 Å². The number of nitrogens with zero attached hydrogens (tertiary/aromatic N) is 1. The first kappa shape index (κ1) is 22.1. The van der Waals surface area contributed by atoms with Gasteiger partial charge < -0.3 is 9.32 Å². The molecule has 188 valence electrons. The first-order chi connectivity index (χ1) is 19.8. The highest BCUT2D eigenvalue weighted by atomic mass is 32.2. The van der Waals surface area contributed by atoms with Crippen LogP contribution in [0.4, 0.5) is 17.1 Å². The molecule has 2 aliphatic rings. The van der Waals surface area contributed by atoms with Crippen molar-refractivity contribution in [3.8, 4) is 0 Å². The Kier molecular flexibility index (Phi) is 4.50. The number of para-hydroxylation sites is 4. The molecule has 0 bridgehead atoms. The maximum Gasteiger partial charge on any atom is 0.136 e. The van der Waals surface area contributed by atoms with Gasteiger partial charge in [0.1, 0.15) is 11.2 Å². The van der Waals surface area contributed by atoms with E-state index in [-0.39, 0.29) is 0 Å². The van der Waals surface area contributed by atoms with E-state index in [1.165, 1.54) is 43.4 Å². The molecule has 0 fully saturated rings. The van der Waals surface area contributed by atoms with Crippen molar-refractivity contribution >= 4 is 50.8 Å². The van der Waals surface area contributed by atoms with Gasteiger partial charge in [0.25, 0.3) is 0 Å². The smallest absolute Gasteiger partial charge is 0.136 e. The molecular weight excluding hydrogens is 506 g/mol. The van der Waals surface area contributed by atoms with Crippen LogP contribution in [0.3, 0.4) is 0 Å². The Morgan fingerprint density at radius 2 is 1.10 bits per heavy atom. The summed E-state index contributed by atoms with van der Waals surface area (Å²) in [6.07, 6.45) is 0. The fourth-order valence-corrected chi connectivity index (χ4v) is 8.14. The third kappa shape index (κ3) is 2.80. The van der Waals surface area contributed by atoms with Crippen LogP contribution < -0.4 is 4.90 Å². The third-order valence-electron chi connectivity index (χ3n) is 8.51. The van der Waals surface area contributed by atoms with Gasteiger partial charge in [-0.1, -0.05) is 103 Å². The number of benzene rings is 6. The van der Waals surface area contributed by atoms with E-state index < -0.39 is 5.41 Å². The van der Waals surface area contributed by atoms with Gasteiger partial charge >= 0.3 is 0 Å². The zero-order valence-corrected chi connectivity index (χ0v) is 22.4. The van der Waals surface area contributed by atoms with Crippen LogP contribution in [0.5, 0.6) is 0 Å². The molecule has 0 unspecified atom stereocenters. The number of hydrogen-bond donors (Lipinski definition) is 0. The van der Waals surface area contributed by atoms with Gasteiger partial charge in [0.2, 0.25) is 0 Å². The standard InChI is InChI=1S/C37H23NOS/c1-2-12-24(13-3-1)38-31-18-8-5-15-27(31)37(28-16-6-9-19-32(28)38)29-17-7-11-21-35(29)40-36-23-34-26(22-30(36)37)25-14-4-10-20-33(25)39-34/h1-23H. The fourth-order valence-electron chi connectivity index (χ4n) is 6.94. The maximum atomic E-state index is 6.37. The predicted octanol–water partition coefficient (Wildman–Crippen LogP) is 10.2. The quantitative estimate of drug-likeness (QED) is 0.210. The minimum absolute atomic E-state index is 0.484. The molecule has 0 radical (unpaired) electrons. The molecular formula is C37H23NOS. The van der Waals surface area contributed by atoms with Crippen molar-refractivity contribution in [3.05, 3.63) is 162 Å². The molecule has 3 heterocycles. The van der Waals surface area contributed by atoms with Gasteiger partial charge in [0, 0.05) is 26.3 Å². The molecule has 9 rings (SSSR count). The average molecular weight is 530 g/mol. The molecule has 7 aromatic rings. The van der Waals surface area contributed by atoms with Gasteiger partial charge in [0.05, 0.1) is 16.8 Å². The normalized spacial score (nSPS) is 14.6. The van der Waals surface area contributed by atoms with Gasteiger partial charge in [0.15, 0.2) is 0 Å². The molecule has 0 N–H and O–H groups in total. The summed E-state index contributed by atoms with van der Waals surface area (Å²) in [5.41, 5.74) is 10.2. The lowest BCUT2D eigenvalue weighted by molar-refractivity contribution is 0.662. The summed E-state index contributed by atoms with van der Waals surface area (Å²) in [6, 6.07) is 50.6. The highest BCUT2D eigenvalue weighted by Crippen LogP contribution is 2.63. The van der Waals surface area contributed by atoms with Crippen molar-refractivity contribution in [1.29, 1.82) is 0 Å². The van der Waals surface area contributed by atoms with Gasteiger partial charge in [-0.25, -0.2) is 0 Å². The van der Waals surface area contributed by atoms with E-state index in [1.54, 1.807) is 0 Å². The summed E-state index contributed by atoms with van der Waals surface area (Å²) >= 11 is 1.85. The highest BCUT2D eigenvalue weighted by Gasteiger charge is 2.50. The largest absolute Gasteiger partial charge is 0.456 e. The highest BCUT2D eigenvalue weighted by molar-refractivity contribution is 7.99. The Bertz CT molecular complexity index is 2060. The lowest BCUT2D eigenvalue weighted by Gasteiger charge is -2.49. The van der Waals surface area contributed by atoms with Crippen molar-refractivity contribution < 1.29 is 4.42 Å². The molecule has 1 aromatic heterocycles. The number of anilines is 3. The van der Waals surface area contributed by atoms with E-state index in [0.717, 1.165) is 27.6 Å². The monoisotopic (exact) mass is 529 g/mol. The van der Waals surface area contributed by atoms with Crippen LogP contribution in [0.15, 0.2) is 154 Å². The summed E-state index contributed by atoms with van der Waals surface area (Å²) in [5, 5.41) is 2.32. The van der Waals surface area contributed by atoms with Crippen molar-refractivity contribution in [1.82, 2.24) is 0 Å². The number of rotatable bonds is 1. The summed E-state index contributed by atoms with van der Waals surface area (Å²) in [5.74, 6) is 0. The van der Waals surface area contributed by atoms with Crippen LogP contribution >= 0.6 is 11.8 Å². The molecule has 2 nitrogen and oxygen atoms in total. The number of hydrogen-bond acceptors (Lipinski definition) is 3. The Morgan fingerprint density at radius 3 is 1.88 bits per heavy atom. The Hall–Kier alpha value is -4.73. The van der Waals surface area contributed by atoms with E-state index in [9.17, 15) is 0 Å². The molecule has 0 atom stereocenters. The van der Waals surface area contributed by atoms with Crippen molar-refractivity contribution in [2.45, 2.75) is 15.2 Å². The second-order valence-corrected chi connectivity index (χ2v) is 11.6. The third-order valence-corrected chi connectivity index (χ3v) is 9.64. The molecule has 0 amide bonds. The molecule has 6 aromatic carbocycles. The second-order valence-electron chi connectivity index (χ2n) is 10.5. The Labute approximate surface area is 236 Å². The zero-order chi connectivity index (χ0) is 26.3. The number of fused-ring (bicyclic) bond motifs is 11. The van der Waals surface area contributed by atoms with Crippen molar-refractivity contribution in [2.24, 2.45) is 0 Å². The topological polar surface area (TPSA) is 16.4 Å². The van der Waals surface area contributed by atoms with E-state index >= 15 is 0 Å². The SMILES string of the molecule is c1ccc(N2c3ccccc3C3(c4ccccc4Sc4cc5oc6ccccc6c5cc43)c3ccccc32)cc1. The average Bonchev–Trinajstić information content (AvgIpc) is 3.38. The van der Waals surface area contributed by atoms with E-state index in [1.807, 2.05) is 17.8 Å². The van der Waals surface area contributed by atoms with Gasteiger partial charge in [-0.2, -0.15) is 0 Å². The second kappa shape index (κ2) is 8.14. The van der Waals surface area contributed by atoms with Crippen molar-refractivity contribution in [2.75, 3.05) is 4.90 Å². The summed E-state index contributed by atoms with van der Waals surface area (Å²) in [4.78, 5) is 4.94. The van der Waals surface area contributed by atoms with Crippen LogP contribution in [-0.2, 0) is 5.41 Å². The van der Waals surface area contributed by atoms with Crippen LogP contribution in [0.25, 0.3) is 21.9 Å². The van der Waals surface area contributed by atoms with Crippen LogP contribution in [0, 0.1) is 0 Å².